The van der Waals surface area contributed by atoms with Crippen molar-refractivity contribution >= 4 is 21.7 Å². The highest BCUT2D eigenvalue weighted by atomic mass is 16.3. The Kier molecular flexibility index (Phi) is 1.56. The second-order valence-electron chi connectivity index (χ2n) is 4.01. The fraction of sp³-hybridized carbons (Fsp3) is 0. The molecule has 0 bridgehead atoms. The normalized spacial score (nSPS) is 11.5. The second kappa shape index (κ2) is 3.04. The highest BCUT2D eigenvalue weighted by Crippen LogP contribution is 2.35. The molecule has 0 spiro atoms. The zero-order chi connectivity index (χ0) is 11.2. The molecule has 0 fully saturated rings. The minimum atomic E-state index is 0.847. The van der Waals surface area contributed by atoms with Gasteiger partial charge in [-0.1, -0.05) is 12.1 Å². The summed E-state index contributed by atoms with van der Waals surface area (Å²) in [7, 11) is 0. The van der Waals surface area contributed by atoms with E-state index in [1.807, 2.05) is 30.3 Å². The summed E-state index contributed by atoms with van der Waals surface area (Å²) in [5, 5.41) is 3.11. The molecule has 0 saturated carbocycles. The molecule has 0 N–H and O–H groups in total. The van der Waals surface area contributed by atoms with Gasteiger partial charge in [0.2, 0.25) is 0 Å². The lowest BCUT2D eigenvalue weighted by atomic mass is 10.1. The summed E-state index contributed by atoms with van der Waals surface area (Å²) in [6.07, 6.45) is 5.30. The van der Waals surface area contributed by atoms with Gasteiger partial charge >= 0.3 is 0 Å². The van der Waals surface area contributed by atoms with Gasteiger partial charge in [0, 0.05) is 28.6 Å². The molecule has 80 valence electrons. The van der Waals surface area contributed by atoms with E-state index in [9.17, 15) is 0 Å². The molecule has 0 amide bonds. The first-order valence-corrected chi connectivity index (χ1v) is 5.43. The smallest absolute Gasteiger partial charge is 0.162 e. The van der Waals surface area contributed by atoms with Crippen molar-refractivity contribution < 1.29 is 4.42 Å². The third-order valence-electron chi connectivity index (χ3n) is 3.01. The van der Waals surface area contributed by atoms with Crippen molar-refractivity contribution in [2.75, 3.05) is 0 Å². The highest BCUT2D eigenvalue weighted by Gasteiger charge is 2.16. The zero-order valence-electron chi connectivity index (χ0n) is 8.92. The number of para-hydroxylation sites is 1. The van der Waals surface area contributed by atoms with Crippen LogP contribution in [0, 0.1) is 0 Å². The summed E-state index contributed by atoms with van der Waals surface area (Å²) < 4.78 is 5.68. The maximum atomic E-state index is 5.68. The molecule has 0 aliphatic carbocycles. The van der Waals surface area contributed by atoms with Gasteiger partial charge in [0.15, 0.2) is 5.76 Å². The van der Waals surface area contributed by atoms with Gasteiger partial charge in [-0.25, -0.2) is 4.98 Å². The van der Waals surface area contributed by atoms with E-state index in [4.69, 9.17) is 4.42 Å². The lowest BCUT2D eigenvalue weighted by Gasteiger charge is -2.01. The van der Waals surface area contributed by atoms with Crippen LogP contribution in [0.3, 0.4) is 0 Å². The van der Waals surface area contributed by atoms with Crippen LogP contribution < -0.4 is 0 Å². The highest BCUT2D eigenvalue weighted by molar-refractivity contribution is 6.04. The first kappa shape index (κ1) is 8.70. The van der Waals surface area contributed by atoms with E-state index < -0.39 is 0 Å². The van der Waals surface area contributed by atoms with Gasteiger partial charge in [-0.3, -0.25) is 4.98 Å². The van der Waals surface area contributed by atoms with Gasteiger partial charge in [0.1, 0.15) is 12.0 Å². The third-order valence-corrected chi connectivity index (χ3v) is 3.01. The molecule has 3 heterocycles. The van der Waals surface area contributed by atoms with E-state index in [0.29, 0.717) is 0 Å². The lowest BCUT2D eigenvalue weighted by Crippen LogP contribution is -1.82. The Labute approximate surface area is 97.1 Å². The van der Waals surface area contributed by atoms with Crippen LogP contribution in [0.4, 0.5) is 0 Å². The van der Waals surface area contributed by atoms with Crippen LogP contribution in [-0.2, 0) is 0 Å². The van der Waals surface area contributed by atoms with Crippen LogP contribution in [-0.4, -0.2) is 9.97 Å². The molecule has 3 nitrogen and oxygen atoms in total. The predicted molar refractivity (Wildman–Crippen MR) is 65.9 cm³/mol. The number of aromatic nitrogens is 2. The Balaban J connectivity index is 2.28. The van der Waals surface area contributed by atoms with Gasteiger partial charge in [-0.05, 0) is 18.2 Å². The van der Waals surface area contributed by atoms with Crippen LogP contribution >= 0.6 is 0 Å². The summed E-state index contributed by atoms with van der Waals surface area (Å²) >= 11 is 0. The van der Waals surface area contributed by atoms with E-state index >= 15 is 0 Å². The maximum Gasteiger partial charge on any atom is 0.162 e. The fourth-order valence-corrected chi connectivity index (χ4v) is 2.20. The van der Waals surface area contributed by atoms with E-state index in [0.717, 1.165) is 33.1 Å². The van der Waals surface area contributed by atoms with Crippen molar-refractivity contribution in [1.82, 2.24) is 9.97 Å². The van der Waals surface area contributed by atoms with Crippen LogP contribution in [0.2, 0.25) is 0 Å². The molecule has 0 unspecified atom stereocenters. The van der Waals surface area contributed by atoms with Crippen molar-refractivity contribution in [3.05, 3.63) is 49.0 Å². The number of hydrogen-bond acceptors (Lipinski definition) is 3. The fourth-order valence-electron chi connectivity index (χ4n) is 2.20. The number of rotatable bonds is 0. The van der Waals surface area contributed by atoms with Gasteiger partial charge < -0.3 is 4.42 Å². The monoisotopic (exact) mass is 220 g/mol. The Hall–Kier alpha value is -2.42. The molecular formula is C14H8N2O. The van der Waals surface area contributed by atoms with Gasteiger partial charge in [-0.15, -0.1) is 0 Å². The molecule has 2 aromatic rings. The summed E-state index contributed by atoms with van der Waals surface area (Å²) in [5.41, 5.74) is 1.88. The molecule has 2 aliphatic rings. The average molecular weight is 220 g/mol. The van der Waals surface area contributed by atoms with Crippen molar-refractivity contribution in [3.8, 4) is 11.5 Å². The molecule has 4 rings (SSSR count). The Morgan fingerprint density at radius 3 is 2.94 bits per heavy atom. The predicted octanol–water partition coefficient (Wildman–Crippen LogP) is 3.48. The third kappa shape index (κ3) is 1.11. The number of hydrogen-bond donors (Lipinski definition) is 0. The zero-order valence-corrected chi connectivity index (χ0v) is 8.92. The van der Waals surface area contributed by atoms with E-state index in [2.05, 4.69) is 9.97 Å². The van der Waals surface area contributed by atoms with Gasteiger partial charge in [0.25, 0.3) is 0 Å². The van der Waals surface area contributed by atoms with Gasteiger partial charge in [-0.2, -0.15) is 0 Å². The van der Waals surface area contributed by atoms with Crippen molar-refractivity contribution in [1.29, 1.82) is 0 Å². The Morgan fingerprint density at radius 2 is 1.94 bits per heavy atom. The van der Waals surface area contributed by atoms with Gasteiger partial charge in [0.05, 0.1) is 5.52 Å². The van der Waals surface area contributed by atoms with Crippen molar-refractivity contribution in [2.45, 2.75) is 0 Å². The quantitative estimate of drug-likeness (QED) is 0.455. The minimum absolute atomic E-state index is 0.847. The lowest BCUT2D eigenvalue weighted by molar-refractivity contribution is 0.577. The minimum Gasteiger partial charge on any atom is -0.461 e. The molecule has 17 heavy (non-hydrogen) atoms. The van der Waals surface area contributed by atoms with Crippen LogP contribution in [0.25, 0.3) is 33.1 Å². The number of pyridine rings is 1. The summed E-state index contributed by atoms with van der Waals surface area (Å²) in [4.78, 5) is 8.71. The summed E-state index contributed by atoms with van der Waals surface area (Å²) in [6, 6.07) is 9.98. The van der Waals surface area contributed by atoms with Crippen LogP contribution in [0.5, 0.6) is 0 Å². The van der Waals surface area contributed by atoms with E-state index in [1.54, 1.807) is 18.7 Å². The molecular weight excluding hydrogens is 212 g/mol. The van der Waals surface area contributed by atoms with Crippen LogP contribution in [0.1, 0.15) is 0 Å². The molecule has 1 aromatic heterocycles. The van der Waals surface area contributed by atoms with Crippen LogP contribution in [0.15, 0.2) is 53.4 Å². The van der Waals surface area contributed by atoms with Crippen molar-refractivity contribution in [2.24, 2.45) is 0 Å². The number of nitrogens with zero attached hydrogens (tertiary/aromatic N) is 2. The van der Waals surface area contributed by atoms with E-state index in [1.165, 1.54) is 0 Å². The second-order valence-corrected chi connectivity index (χ2v) is 4.01. The molecule has 1 aromatic carbocycles. The first-order chi connectivity index (χ1) is 8.43. The Bertz CT molecular complexity index is 804. The topological polar surface area (TPSA) is 38.9 Å². The molecule has 0 atom stereocenters. The van der Waals surface area contributed by atoms with Crippen molar-refractivity contribution in [3.63, 3.8) is 0 Å². The number of fused-ring (bicyclic) bond motifs is 5. The molecule has 0 saturated heterocycles. The molecule has 0 radical (unpaired) electrons. The molecule has 3 heteroatoms. The van der Waals surface area contributed by atoms with E-state index in [-0.39, 0.29) is 0 Å². The Morgan fingerprint density at radius 1 is 1.00 bits per heavy atom. The average Bonchev–Trinajstić information content (AvgIpc) is 2.78. The molecule has 2 aliphatic heterocycles. The first-order valence-electron chi connectivity index (χ1n) is 5.43. The number of benzene rings is 1. The SMILES string of the molecule is c1ccc2c3occ4cnccc4c-3nc2c1. The summed E-state index contributed by atoms with van der Waals surface area (Å²) in [6.45, 7) is 0. The standard InChI is InChI=1S/C14H8N2O/c1-2-4-12-11(3-1)14-13(16-12)10-5-6-15-7-9(10)8-17-14/h1-8H. The maximum absolute atomic E-state index is 5.68. The largest absolute Gasteiger partial charge is 0.461 e. The summed E-state index contributed by atoms with van der Waals surface area (Å²) in [5.74, 6) is 0.847.